The van der Waals surface area contributed by atoms with Gasteiger partial charge in [-0.2, -0.15) is 0 Å². The molecule has 0 aliphatic rings. The van der Waals surface area contributed by atoms with Crippen LogP contribution in [0.3, 0.4) is 0 Å². The van der Waals surface area contributed by atoms with Crippen LogP contribution in [0.2, 0.25) is 0 Å². The molecule has 0 spiro atoms. The van der Waals surface area contributed by atoms with E-state index in [1.165, 1.54) is 0 Å². The quantitative estimate of drug-likeness (QED) is 0.427. The van der Waals surface area contributed by atoms with E-state index in [1.54, 1.807) is 54.6 Å². The summed E-state index contributed by atoms with van der Waals surface area (Å²) in [6.45, 7) is 4.02. The lowest BCUT2D eigenvalue weighted by Gasteiger charge is -2.08. The molecule has 0 aliphatic carbocycles. The lowest BCUT2D eigenvalue weighted by atomic mass is 10.2. The number of alkyl halides is 1. The van der Waals surface area contributed by atoms with Gasteiger partial charge < -0.3 is 0 Å². The van der Waals surface area contributed by atoms with Gasteiger partial charge in [0.15, 0.2) is 0 Å². The van der Waals surface area contributed by atoms with Gasteiger partial charge in [-0.1, -0.05) is 57.4 Å². The largest absolute Gasteiger partial charge is 0.240 e. The molecule has 0 heterocycles. The number of hydrogen-bond acceptors (Lipinski definition) is 4. The smallest absolute Gasteiger partial charge is 0.219 e. The summed E-state index contributed by atoms with van der Waals surface area (Å²) in [5.74, 6) is 0. The topological polar surface area (TPSA) is 80.3 Å². The number of unbranched alkanes of at least 4 members (excludes halogenated alkanes) is 1. The zero-order valence-corrected chi connectivity index (χ0v) is 19.1. The van der Waals surface area contributed by atoms with E-state index in [0.717, 1.165) is 11.1 Å². The van der Waals surface area contributed by atoms with Crippen molar-refractivity contribution in [3.8, 4) is 0 Å². The van der Waals surface area contributed by atoms with Crippen LogP contribution in [0.1, 0.15) is 24.0 Å². The molecule has 0 radical (unpaired) electrons. The van der Waals surface area contributed by atoms with E-state index >= 15 is 0 Å². The van der Waals surface area contributed by atoms with Crippen molar-refractivity contribution >= 4 is 35.8 Å². The normalized spacial score (nSPS) is 12.9. The Morgan fingerprint density at radius 2 is 1.39 bits per heavy atom. The van der Waals surface area contributed by atoms with Crippen LogP contribution in [0.15, 0.2) is 69.3 Å². The third-order valence-electron chi connectivity index (χ3n) is 4.18. The first-order valence-corrected chi connectivity index (χ1v) is 12.9. The molecule has 0 amide bonds. The first-order chi connectivity index (χ1) is 13.2. The lowest BCUT2D eigenvalue weighted by molar-refractivity contribution is 0.579. The lowest BCUT2D eigenvalue weighted by Crippen LogP contribution is -2.24. The molecule has 0 atom stereocenters. The number of allylic oxidation sites excluding steroid dienone is 2. The summed E-state index contributed by atoms with van der Waals surface area (Å²) in [6.07, 6.45) is 2.58. The Bertz CT molecular complexity index is 1030. The molecule has 5 nitrogen and oxygen atoms in total. The van der Waals surface area contributed by atoms with Crippen molar-refractivity contribution in [2.24, 2.45) is 0 Å². The Balaban J connectivity index is 1.96. The van der Waals surface area contributed by atoms with E-state index < -0.39 is 19.9 Å². The summed E-state index contributed by atoms with van der Waals surface area (Å²) < 4.78 is 52.4. The van der Waals surface area contributed by atoms with Crippen LogP contribution in [-0.4, -0.2) is 28.7 Å². The molecule has 8 heteroatoms. The number of halogens is 1. The summed E-state index contributed by atoms with van der Waals surface area (Å²) in [7, 11) is -7.11. The van der Waals surface area contributed by atoms with Gasteiger partial charge in [0.2, 0.25) is 19.9 Å². The Hall–Kier alpha value is -1.48. The fraction of sp³-hybridized carbons (Fsp3) is 0.300. The second-order valence-electron chi connectivity index (χ2n) is 6.47. The first kappa shape index (κ1) is 22.8. The highest BCUT2D eigenvalue weighted by Crippen LogP contribution is 2.22. The first-order valence-electron chi connectivity index (χ1n) is 8.80. The van der Waals surface area contributed by atoms with Crippen LogP contribution in [0.4, 0.5) is 0 Å². The molecule has 2 rings (SSSR count). The molecule has 0 bridgehead atoms. The molecule has 1 N–H and O–H groups in total. The number of benzene rings is 2. The minimum absolute atomic E-state index is 0.207. The van der Waals surface area contributed by atoms with E-state index in [9.17, 15) is 16.8 Å². The molecule has 2 aromatic carbocycles. The van der Waals surface area contributed by atoms with E-state index in [-0.39, 0.29) is 26.6 Å². The summed E-state index contributed by atoms with van der Waals surface area (Å²) in [5.41, 5.74) is 1.98. The third-order valence-corrected chi connectivity index (χ3v) is 8.53. The summed E-state index contributed by atoms with van der Waals surface area (Å²) in [5, 5.41) is 0.207. The summed E-state index contributed by atoms with van der Waals surface area (Å²) >= 11 is 3.24. The van der Waals surface area contributed by atoms with E-state index in [0.29, 0.717) is 12.8 Å². The third kappa shape index (κ3) is 6.01. The second kappa shape index (κ2) is 9.82. The SMILES string of the molecule is Cc1ccc(S(=O)(=O)NCCC/C=C(\CBr)S(=O)(=O)c2ccc(C)cc2)cc1. The van der Waals surface area contributed by atoms with Crippen molar-refractivity contribution < 1.29 is 16.8 Å². The highest BCUT2D eigenvalue weighted by Gasteiger charge is 2.19. The van der Waals surface area contributed by atoms with Gasteiger partial charge in [-0.15, -0.1) is 0 Å². The number of hydrogen-bond donors (Lipinski definition) is 1. The van der Waals surface area contributed by atoms with Crippen molar-refractivity contribution in [3.63, 3.8) is 0 Å². The van der Waals surface area contributed by atoms with E-state index in [1.807, 2.05) is 13.8 Å². The molecule has 152 valence electrons. The summed E-state index contributed by atoms with van der Waals surface area (Å²) in [4.78, 5) is 0.748. The standard InChI is InChI=1S/C20H24BrNO4S2/c1-16-6-10-18(11-7-16)27(23,24)20(15-21)5-3-4-14-22-28(25,26)19-12-8-17(2)9-13-19/h5-13,22H,3-4,14-15H2,1-2H3/b20-5+. The maximum absolute atomic E-state index is 12.7. The molecular formula is C20H24BrNO4S2. The molecule has 0 saturated heterocycles. The second-order valence-corrected chi connectivity index (χ2v) is 10.8. The predicted molar refractivity (Wildman–Crippen MR) is 116 cm³/mol. The highest BCUT2D eigenvalue weighted by atomic mass is 79.9. The van der Waals surface area contributed by atoms with Crippen LogP contribution < -0.4 is 4.72 Å². The Labute approximate surface area is 176 Å². The molecule has 0 fully saturated rings. The van der Waals surface area contributed by atoms with Crippen molar-refractivity contribution in [2.45, 2.75) is 36.5 Å². The average Bonchev–Trinajstić information content (AvgIpc) is 2.65. The van der Waals surface area contributed by atoms with Crippen LogP contribution in [0.25, 0.3) is 0 Å². The Morgan fingerprint density at radius 1 is 0.893 bits per heavy atom. The van der Waals surface area contributed by atoms with Crippen molar-refractivity contribution in [3.05, 3.63) is 70.6 Å². The van der Waals surface area contributed by atoms with Crippen LogP contribution in [-0.2, 0) is 19.9 Å². The molecule has 0 saturated carbocycles. The van der Waals surface area contributed by atoms with Gasteiger partial charge in [0, 0.05) is 11.9 Å². The van der Waals surface area contributed by atoms with E-state index in [2.05, 4.69) is 20.7 Å². The number of sulfone groups is 1. The van der Waals surface area contributed by atoms with Crippen LogP contribution >= 0.6 is 15.9 Å². The molecule has 28 heavy (non-hydrogen) atoms. The molecular weight excluding hydrogens is 462 g/mol. The highest BCUT2D eigenvalue weighted by molar-refractivity contribution is 9.09. The van der Waals surface area contributed by atoms with E-state index in [4.69, 9.17) is 0 Å². The summed E-state index contributed by atoms with van der Waals surface area (Å²) in [6, 6.07) is 13.3. The Kier molecular flexibility index (Phi) is 8.00. The number of aryl methyl sites for hydroxylation is 2. The van der Waals surface area contributed by atoms with Crippen molar-refractivity contribution in [1.82, 2.24) is 4.72 Å². The van der Waals surface area contributed by atoms with Gasteiger partial charge in [-0.3, -0.25) is 0 Å². The van der Waals surface area contributed by atoms with Gasteiger partial charge in [0.1, 0.15) is 0 Å². The molecule has 0 aliphatic heterocycles. The van der Waals surface area contributed by atoms with Crippen molar-refractivity contribution in [1.29, 1.82) is 0 Å². The van der Waals surface area contributed by atoms with Gasteiger partial charge in [-0.05, 0) is 51.0 Å². The van der Waals surface area contributed by atoms with Gasteiger partial charge in [-0.25, -0.2) is 21.6 Å². The number of nitrogens with one attached hydrogen (secondary N) is 1. The van der Waals surface area contributed by atoms with Gasteiger partial charge in [0.05, 0.1) is 14.7 Å². The maximum Gasteiger partial charge on any atom is 0.240 e. The fourth-order valence-electron chi connectivity index (χ4n) is 2.48. The maximum atomic E-state index is 12.7. The zero-order valence-electron chi connectivity index (χ0n) is 15.9. The average molecular weight is 486 g/mol. The van der Waals surface area contributed by atoms with Crippen molar-refractivity contribution in [2.75, 3.05) is 11.9 Å². The minimum Gasteiger partial charge on any atom is -0.219 e. The molecule has 0 unspecified atom stereocenters. The fourth-order valence-corrected chi connectivity index (χ4v) is 5.96. The molecule has 2 aromatic rings. The minimum atomic E-state index is -3.56. The number of sulfonamides is 1. The molecule has 0 aromatic heterocycles. The van der Waals surface area contributed by atoms with Crippen LogP contribution in [0, 0.1) is 13.8 Å². The van der Waals surface area contributed by atoms with Gasteiger partial charge in [0.25, 0.3) is 0 Å². The van der Waals surface area contributed by atoms with Gasteiger partial charge >= 0.3 is 0 Å². The predicted octanol–water partition coefficient (Wildman–Crippen LogP) is 4.11. The Morgan fingerprint density at radius 3 is 1.89 bits per heavy atom. The van der Waals surface area contributed by atoms with Crippen LogP contribution in [0.5, 0.6) is 0 Å². The number of rotatable bonds is 9. The monoisotopic (exact) mass is 485 g/mol. The zero-order chi connectivity index (χ0) is 20.8.